The lowest BCUT2D eigenvalue weighted by atomic mass is 10.2. The van der Waals surface area contributed by atoms with E-state index in [1.54, 1.807) is 43.3 Å². The lowest BCUT2D eigenvalue weighted by Gasteiger charge is -2.26. The Morgan fingerprint density at radius 2 is 1.91 bits per heavy atom. The van der Waals surface area contributed by atoms with Crippen LogP contribution < -0.4 is 0 Å². The molecule has 1 aliphatic rings. The van der Waals surface area contributed by atoms with Crippen LogP contribution in [0.1, 0.15) is 12.5 Å². The van der Waals surface area contributed by atoms with E-state index in [-0.39, 0.29) is 16.0 Å². The van der Waals surface area contributed by atoms with Crippen molar-refractivity contribution in [1.29, 1.82) is 5.26 Å². The molecule has 1 fully saturated rings. The summed E-state index contributed by atoms with van der Waals surface area (Å²) in [6, 6.07) is 14.8. The van der Waals surface area contributed by atoms with Gasteiger partial charge in [-0.1, -0.05) is 36.0 Å². The van der Waals surface area contributed by atoms with Gasteiger partial charge in [-0.15, -0.1) is 10.2 Å². The largest absolute Gasteiger partial charge is 0.379 e. The maximum atomic E-state index is 13.4. The summed E-state index contributed by atoms with van der Waals surface area (Å²) in [7, 11) is -3.68. The average molecular weight is 488 g/mol. The van der Waals surface area contributed by atoms with Crippen LogP contribution in [0, 0.1) is 17.1 Å². The lowest BCUT2D eigenvalue weighted by Crippen LogP contribution is -2.40. The Morgan fingerprint density at radius 1 is 1.18 bits per heavy atom. The molecule has 2 aromatic carbocycles. The zero-order chi connectivity index (χ0) is 23.4. The van der Waals surface area contributed by atoms with Gasteiger partial charge in [-0.3, -0.25) is 4.57 Å². The van der Waals surface area contributed by atoms with E-state index in [0.29, 0.717) is 49.4 Å². The van der Waals surface area contributed by atoms with Crippen molar-refractivity contribution < 1.29 is 17.5 Å². The van der Waals surface area contributed by atoms with Gasteiger partial charge >= 0.3 is 0 Å². The summed E-state index contributed by atoms with van der Waals surface area (Å²) in [5.41, 5.74) is 1.40. The third-order valence-electron chi connectivity index (χ3n) is 5.13. The smallest absolute Gasteiger partial charge is 0.243 e. The highest BCUT2D eigenvalue weighted by Crippen LogP contribution is 2.29. The molecule has 4 rings (SSSR count). The molecule has 33 heavy (non-hydrogen) atoms. The molecule has 11 heteroatoms. The summed E-state index contributed by atoms with van der Waals surface area (Å²) >= 11 is 1.25. The number of aromatic nitrogens is 3. The quantitative estimate of drug-likeness (QED) is 0.472. The van der Waals surface area contributed by atoms with Gasteiger partial charge in [0.2, 0.25) is 10.0 Å². The molecule has 0 radical (unpaired) electrons. The van der Waals surface area contributed by atoms with Gasteiger partial charge in [-0.25, -0.2) is 12.8 Å². The topological polar surface area (TPSA) is 101 Å². The second-order valence-corrected chi connectivity index (χ2v) is 10.7. The van der Waals surface area contributed by atoms with E-state index in [9.17, 15) is 18.1 Å². The molecule has 0 amide bonds. The molecular weight excluding hydrogens is 465 g/mol. The maximum Gasteiger partial charge on any atom is 0.243 e. The number of hydrogen-bond acceptors (Lipinski definition) is 7. The van der Waals surface area contributed by atoms with Crippen LogP contribution in [-0.4, -0.2) is 59.0 Å². The minimum Gasteiger partial charge on any atom is -0.379 e. The van der Waals surface area contributed by atoms with E-state index in [1.807, 2.05) is 4.57 Å². The average Bonchev–Trinajstić information content (AvgIpc) is 3.23. The molecule has 1 aliphatic heterocycles. The van der Waals surface area contributed by atoms with E-state index in [4.69, 9.17) is 4.74 Å². The van der Waals surface area contributed by atoms with Gasteiger partial charge in [-0.2, -0.15) is 9.57 Å². The monoisotopic (exact) mass is 487 g/mol. The van der Waals surface area contributed by atoms with E-state index in [0.717, 1.165) is 5.56 Å². The van der Waals surface area contributed by atoms with Crippen LogP contribution in [0.25, 0.3) is 11.4 Å². The molecule has 0 saturated carbocycles. The molecular formula is C22H22FN5O3S2. The van der Waals surface area contributed by atoms with Crippen molar-refractivity contribution in [3.8, 4) is 17.5 Å². The number of sulfonamides is 1. The standard InChI is InChI=1S/C22H22FN5O3S2/c1-16(14-24)32-22-26-25-21(28(22)15-17-5-7-19(23)8-6-17)18-3-2-4-20(13-18)33(29,30)27-9-11-31-12-10-27/h2-8,13,16H,9-12,15H2,1H3. The molecule has 1 aromatic heterocycles. The summed E-state index contributed by atoms with van der Waals surface area (Å²) in [6.07, 6.45) is 0. The zero-order valence-electron chi connectivity index (χ0n) is 17.9. The van der Waals surface area contributed by atoms with Gasteiger partial charge < -0.3 is 4.74 Å². The third kappa shape index (κ3) is 5.25. The van der Waals surface area contributed by atoms with Gasteiger partial charge in [0.15, 0.2) is 11.0 Å². The van der Waals surface area contributed by atoms with Crippen LogP contribution in [0.15, 0.2) is 58.6 Å². The normalized spacial score (nSPS) is 15.8. The van der Waals surface area contributed by atoms with Crippen molar-refractivity contribution in [2.24, 2.45) is 0 Å². The van der Waals surface area contributed by atoms with Crippen LogP contribution in [0.3, 0.4) is 0 Å². The summed E-state index contributed by atoms with van der Waals surface area (Å²) in [4.78, 5) is 0.165. The second kappa shape index (κ2) is 10.0. The fourth-order valence-corrected chi connectivity index (χ4v) is 5.61. The molecule has 0 spiro atoms. The number of nitriles is 1. The van der Waals surface area contributed by atoms with E-state index in [1.165, 1.54) is 28.2 Å². The summed E-state index contributed by atoms with van der Waals surface area (Å²) in [5.74, 6) is 0.127. The predicted octanol–water partition coefficient (Wildman–Crippen LogP) is 3.16. The molecule has 8 nitrogen and oxygen atoms in total. The van der Waals surface area contributed by atoms with Crippen LogP contribution in [0.2, 0.25) is 0 Å². The van der Waals surface area contributed by atoms with Crippen molar-refractivity contribution in [2.45, 2.75) is 28.8 Å². The van der Waals surface area contributed by atoms with Gasteiger partial charge in [0.05, 0.1) is 36.0 Å². The Balaban J connectivity index is 1.73. The van der Waals surface area contributed by atoms with Gasteiger partial charge in [0.1, 0.15) is 5.82 Å². The maximum absolute atomic E-state index is 13.4. The van der Waals surface area contributed by atoms with Crippen molar-refractivity contribution in [3.05, 3.63) is 59.9 Å². The Labute approximate surface area is 196 Å². The summed E-state index contributed by atoms with van der Waals surface area (Å²) in [5, 5.41) is 17.9. The van der Waals surface area contributed by atoms with Crippen molar-refractivity contribution in [2.75, 3.05) is 26.3 Å². The van der Waals surface area contributed by atoms with Crippen LogP contribution in [-0.2, 0) is 21.3 Å². The highest BCUT2D eigenvalue weighted by Gasteiger charge is 2.27. The Hall–Kier alpha value is -2.78. The van der Waals surface area contributed by atoms with E-state index < -0.39 is 10.0 Å². The van der Waals surface area contributed by atoms with Crippen molar-refractivity contribution in [3.63, 3.8) is 0 Å². The van der Waals surface area contributed by atoms with Crippen LogP contribution in [0.4, 0.5) is 4.39 Å². The van der Waals surface area contributed by atoms with Crippen LogP contribution in [0.5, 0.6) is 0 Å². The molecule has 0 bridgehead atoms. The van der Waals surface area contributed by atoms with Crippen molar-refractivity contribution >= 4 is 21.8 Å². The van der Waals surface area contributed by atoms with Gasteiger partial charge in [0.25, 0.3) is 0 Å². The molecule has 0 N–H and O–H groups in total. The molecule has 1 atom stereocenters. The fraction of sp³-hybridized carbons (Fsp3) is 0.318. The highest BCUT2D eigenvalue weighted by molar-refractivity contribution is 8.00. The minimum absolute atomic E-state index is 0.165. The highest BCUT2D eigenvalue weighted by atomic mass is 32.2. The molecule has 0 aliphatic carbocycles. The number of halogens is 1. The fourth-order valence-electron chi connectivity index (χ4n) is 3.42. The molecule has 1 saturated heterocycles. The van der Waals surface area contributed by atoms with Gasteiger partial charge in [-0.05, 0) is 36.8 Å². The Kier molecular flexibility index (Phi) is 7.09. The first-order chi connectivity index (χ1) is 15.9. The molecule has 3 aromatic rings. The van der Waals surface area contributed by atoms with E-state index in [2.05, 4.69) is 16.3 Å². The molecule has 172 valence electrons. The molecule has 1 unspecified atom stereocenters. The number of benzene rings is 2. The first kappa shape index (κ1) is 23.4. The number of rotatable bonds is 7. The first-order valence-electron chi connectivity index (χ1n) is 10.3. The number of thioether (sulfide) groups is 1. The zero-order valence-corrected chi connectivity index (χ0v) is 19.5. The second-order valence-electron chi connectivity index (χ2n) is 7.45. The lowest BCUT2D eigenvalue weighted by molar-refractivity contribution is 0.0730. The third-order valence-corrected chi connectivity index (χ3v) is 8.00. The molecule has 2 heterocycles. The predicted molar refractivity (Wildman–Crippen MR) is 121 cm³/mol. The number of ether oxygens (including phenoxy) is 1. The summed E-state index contributed by atoms with van der Waals surface area (Å²) in [6.45, 7) is 3.44. The summed E-state index contributed by atoms with van der Waals surface area (Å²) < 4.78 is 48.1. The Bertz CT molecular complexity index is 1270. The van der Waals surface area contributed by atoms with Gasteiger partial charge in [0, 0.05) is 18.7 Å². The van der Waals surface area contributed by atoms with E-state index >= 15 is 0 Å². The first-order valence-corrected chi connectivity index (χ1v) is 12.6. The Morgan fingerprint density at radius 3 is 2.61 bits per heavy atom. The number of hydrogen-bond donors (Lipinski definition) is 0. The number of morpholine rings is 1. The SMILES string of the molecule is CC(C#N)Sc1nnc(-c2cccc(S(=O)(=O)N3CCOCC3)c2)n1Cc1ccc(F)cc1. The number of nitrogens with zero attached hydrogens (tertiary/aromatic N) is 5. The van der Waals surface area contributed by atoms with Crippen LogP contribution >= 0.6 is 11.8 Å². The minimum atomic E-state index is -3.68. The van der Waals surface area contributed by atoms with Crippen molar-refractivity contribution in [1.82, 2.24) is 19.1 Å².